The summed E-state index contributed by atoms with van der Waals surface area (Å²) < 4.78 is 7.15. The standard InChI is InChI=1S/C11H12N6O3/c12-3-11(4-18)2-1-6(20-11)17-5-14-7-8(17)15-10(13)16-9(7)19/h5-6,18H,1-2,4H2,(H3,13,15,16,19). The van der Waals surface area contributed by atoms with Crippen LogP contribution in [0.15, 0.2) is 11.1 Å². The highest BCUT2D eigenvalue weighted by Gasteiger charge is 2.41. The summed E-state index contributed by atoms with van der Waals surface area (Å²) in [7, 11) is 0. The number of aliphatic hydroxyl groups is 1. The zero-order chi connectivity index (χ0) is 14.3. The number of hydrogen-bond acceptors (Lipinski definition) is 7. The number of aliphatic hydroxyl groups excluding tert-OH is 1. The van der Waals surface area contributed by atoms with Crippen molar-refractivity contribution >= 4 is 17.1 Å². The Hall–Kier alpha value is -2.44. The number of nitrogens with two attached hydrogens (primary N) is 1. The lowest BCUT2D eigenvalue weighted by Crippen LogP contribution is -2.31. The van der Waals surface area contributed by atoms with Crippen molar-refractivity contribution in [1.82, 2.24) is 19.5 Å². The molecule has 20 heavy (non-hydrogen) atoms. The lowest BCUT2D eigenvalue weighted by molar-refractivity contribution is -0.0630. The highest BCUT2D eigenvalue weighted by atomic mass is 16.5. The lowest BCUT2D eigenvalue weighted by atomic mass is 10.0. The van der Waals surface area contributed by atoms with Gasteiger partial charge in [0, 0.05) is 0 Å². The smallest absolute Gasteiger partial charge is 0.280 e. The van der Waals surface area contributed by atoms with Crippen LogP contribution in [0.1, 0.15) is 19.1 Å². The summed E-state index contributed by atoms with van der Waals surface area (Å²) in [5.41, 5.74) is 4.32. The molecule has 0 saturated carbocycles. The molecule has 9 nitrogen and oxygen atoms in total. The van der Waals surface area contributed by atoms with Crippen LogP contribution in [0.2, 0.25) is 0 Å². The summed E-state index contributed by atoms with van der Waals surface area (Å²) in [5.74, 6) is -0.0176. The molecule has 2 atom stereocenters. The second kappa shape index (κ2) is 4.29. The average Bonchev–Trinajstić information content (AvgIpc) is 3.02. The van der Waals surface area contributed by atoms with Gasteiger partial charge in [-0.3, -0.25) is 14.3 Å². The van der Waals surface area contributed by atoms with Crippen LogP contribution in [0.5, 0.6) is 0 Å². The number of aromatic amines is 1. The van der Waals surface area contributed by atoms with Crippen LogP contribution in [0, 0.1) is 11.3 Å². The number of nitrogens with one attached hydrogen (secondary N) is 1. The predicted octanol–water partition coefficient (Wildman–Crippen LogP) is -0.735. The number of nitriles is 1. The number of hydrogen-bond donors (Lipinski definition) is 3. The third-order valence-electron chi connectivity index (χ3n) is 3.38. The van der Waals surface area contributed by atoms with Crippen LogP contribution in [-0.2, 0) is 4.74 Å². The van der Waals surface area contributed by atoms with E-state index in [1.54, 1.807) is 4.57 Å². The van der Waals surface area contributed by atoms with Gasteiger partial charge in [0.05, 0.1) is 12.9 Å². The van der Waals surface area contributed by atoms with E-state index < -0.39 is 17.4 Å². The molecule has 2 aromatic rings. The molecule has 1 fully saturated rings. The van der Waals surface area contributed by atoms with Crippen molar-refractivity contribution in [2.24, 2.45) is 0 Å². The molecule has 1 aliphatic rings. The summed E-state index contributed by atoms with van der Waals surface area (Å²) in [6, 6.07) is 1.97. The first-order valence-electron chi connectivity index (χ1n) is 6.01. The van der Waals surface area contributed by atoms with Gasteiger partial charge in [-0.25, -0.2) is 4.98 Å². The molecule has 1 aliphatic heterocycles. The van der Waals surface area contributed by atoms with Crippen molar-refractivity contribution in [1.29, 1.82) is 5.26 Å². The summed E-state index contributed by atoms with van der Waals surface area (Å²) in [4.78, 5) is 22.1. The highest BCUT2D eigenvalue weighted by Crippen LogP contribution is 2.36. The first-order valence-corrected chi connectivity index (χ1v) is 6.01. The van der Waals surface area contributed by atoms with E-state index in [1.807, 2.05) is 6.07 Å². The molecule has 4 N–H and O–H groups in total. The number of ether oxygens (including phenoxy) is 1. The first-order chi connectivity index (χ1) is 9.58. The van der Waals surface area contributed by atoms with Gasteiger partial charge in [0.1, 0.15) is 12.3 Å². The Labute approximate surface area is 112 Å². The number of nitrogens with zero attached hydrogens (tertiary/aromatic N) is 4. The highest BCUT2D eigenvalue weighted by molar-refractivity contribution is 5.70. The summed E-state index contributed by atoms with van der Waals surface area (Å²) >= 11 is 0. The first kappa shape index (κ1) is 12.6. The Morgan fingerprint density at radius 2 is 2.55 bits per heavy atom. The average molecular weight is 276 g/mol. The molecule has 2 unspecified atom stereocenters. The molecule has 2 aromatic heterocycles. The topological polar surface area (TPSA) is 143 Å². The van der Waals surface area contributed by atoms with Gasteiger partial charge < -0.3 is 15.6 Å². The fourth-order valence-corrected chi connectivity index (χ4v) is 2.32. The van der Waals surface area contributed by atoms with Crippen molar-refractivity contribution in [2.75, 3.05) is 12.3 Å². The molecule has 9 heteroatoms. The molecular weight excluding hydrogens is 264 g/mol. The molecule has 0 amide bonds. The number of fused-ring (bicyclic) bond motifs is 1. The molecule has 3 rings (SSSR count). The Morgan fingerprint density at radius 3 is 3.20 bits per heavy atom. The third-order valence-corrected chi connectivity index (χ3v) is 3.38. The number of nitrogen functional groups attached to an aromatic ring is 1. The molecule has 0 bridgehead atoms. The van der Waals surface area contributed by atoms with Crippen LogP contribution in [0.3, 0.4) is 0 Å². The Balaban J connectivity index is 2.05. The van der Waals surface area contributed by atoms with Crippen LogP contribution in [0.25, 0.3) is 11.2 Å². The van der Waals surface area contributed by atoms with Crippen molar-refractivity contribution in [3.05, 3.63) is 16.7 Å². The largest absolute Gasteiger partial charge is 0.392 e. The summed E-state index contributed by atoms with van der Waals surface area (Å²) in [5, 5.41) is 18.4. The van der Waals surface area contributed by atoms with E-state index in [4.69, 9.17) is 15.7 Å². The van der Waals surface area contributed by atoms with Crippen molar-refractivity contribution in [3.8, 4) is 6.07 Å². The quantitative estimate of drug-likeness (QED) is 0.655. The van der Waals surface area contributed by atoms with Crippen LogP contribution >= 0.6 is 0 Å². The number of aromatic nitrogens is 4. The third kappa shape index (κ3) is 1.74. The molecule has 0 aliphatic carbocycles. The maximum Gasteiger partial charge on any atom is 0.280 e. The zero-order valence-corrected chi connectivity index (χ0v) is 10.4. The Bertz CT molecular complexity index is 760. The summed E-state index contributed by atoms with van der Waals surface area (Å²) in [6.07, 6.45) is 1.80. The monoisotopic (exact) mass is 276 g/mol. The van der Waals surface area contributed by atoms with Crippen LogP contribution < -0.4 is 11.3 Å². The van der Waals surface area contributed by atoms with E-state index in [0.717, 1.165) is 0 Å². The van der Waals surface area contributed by atoms with E-state index in [-0.39, 0.29) is 18.1 Å². The summed E-state index contributed by atoms with van der Waals surface area (Å²) in [6.45, 7) is -0.386. The van der Waals surface area contributed by atoms with Crippen molar-refractivity contribution < 1.29 is 9.84 Å². The lowest BCUT2D eigenvalue weighted by Gasteiger charge is -2.19. The van der Waals surface area contributed by atoms with Crippen LogP contribution in [0.4, 0.5) is 5.95 Å². The van der Waals surface area contributed by atoms with E-state index in [0.29, 0.717) is 18.5 Å². The van der Waals surface area contributed by atoms with E-state index in [2.05, 4.69) is 15.0 Å². The molecule has 0 spiro atoms. The molecule has 3 heterocycles. The van der Waals surface area contributed by atoms with Crippen LogP contribution in [-0.4, -0.2) is 36.8 Å². The second-order valence-electron chi connectivity index (χ2n) is 4.65. The second-order valence-corrected chi connectivity index (χ2v) is 4.65. The molecule has 0 radical (unpaired) electrons. The van der Waals surface area contributed by atoms with Gasteiger partial charge in [-0.05, 0) is 12.8 Å². The number of imidazole rings is 1. The number of anilines is 1. The Kier molecular flexibility index (Phi) is 2.70. The zero-order valence-electron chi connectivity index (χ0n) is 10.4. The normalized spacial score (nSPS) is 25.9. The van der Waals surface area contributed by atoms with E-state index in [9.17, 15) is 9.90 Å². The minimum absolute atomic E-state index is 0.0176. The molecule has 1 saturated heterocycles. The fourth-order valence-electron chi connectivity index (χ4n) is 2.32. The molecule has 0 aromatic carbocycles. The van der Waals surface area contributed by atoms with Gasteiger partial charge >= 0.3 is 0 Å². The molecule has 104 valence electrons. The minimum atomic E-state index is -1.21. The minimum Gasteiger partial charge on any atom is -0.392 e. The maximum atomic E-state index is 11.7. The van der Waals surface area contributed by atoms with Crippen molar-refractivity contribution in [3.63, 3.8) is 0 Å². The van der Waals surface area contributed by atoms with Gasteiger partial charge in [0.25, 0.3) is 5.56 Å². The van der Waals surface area contributed by atoms with Gasteiger partial charge in [0.15, 0.2) is 16.8 Å². The number of H-pyrrole nitrogens is 1. The maximum absolute atomic E-state index is 11.7. The van der Waals surface area contributed by atoms with Gasteiger partial charge in [-0.15, -0.1) is 0 Å². The number of rotatable bonds is 2. The predicted molar refractivity (Wildman–Crippen MR) is 67.3 cm³/mol. The van der Waals surface area contributed by atoms with E-state index >= 15 is 0 Å². The Morgan fingerprint density at radius 1 is 1.75 bits per heavy atom. The van der Waals surface area contributed by atoms with E-state index in [1.165, 1.54) is 6.33 Å². The van der Waals surface area contributed by atoms with Gasteiger partial charge in [-0.1, -0.05) is 0 Å². The van der Waals surface area contributed by atoms with Crippen molar-refractivity contribution in [2.45, 2.75) is 24.7 Å². The SMILES string of the molecule is N#CC1(CO)CCC(n2cnc3c(=O)[nH]c(N)nc32)O1. The van der Waals surface area contributed by atoms with Gasteiger partial charge in [-0.2, -0.15) is 10.2 Å². The fraction of sp³-hybridized carbons (Fsp3) is 0.455. The van der Waals surface area contributed by atoms with Gasteiger partial charge in [0.2, 0.25) is 5.95 Å². The molecular formula is C11H12N6O3.